The normalized spacial score (nSPS) is 11.9. The van der Waals surface area contributed by atoms with Crippen LogP contribution in [0.15, 0.2) is 47.4 Å². The van der Waals surface area contributed by atoms with Crippen molar-refractivity contribution in [3.63, 3.8) is 0 Å². The molecule has 0 bridgehead atoms. The third-order valence-corrected chi connectivity index (χ3v) is 5.72. The molecule has 7 heteroatoms. The van der Waals surface area contributed by atoms with Crippen LogP contribution in [0.1, 0.15) is 17.5 Å². The fraction of sp³-hybridized carbons (Fsp3) is 0.294. The molecule has 0 fully saturated rings. The SMILES string of the molecule is CN(Cc1ccc(F)cc1F)S(=O)(=O)c1ccc(CCCCl)cc1. The van der Waals surface area contributed by atoms with Gasteiger partial charge in [0.05, 0.1) is 4.90 Å². The summed E-state index contributed by atoms with van der Waals surface area (Å²) in [7, 11) is -2.39. The Bertz CT molecular complexity index is 795. The van der Waals surface area contributed by atoms with E-state index in [1.165, 1.54) is 25.2 Å². The van der Waals surface area contributed by atoms with E-state index in [0.717, 1.165) is 34.8 Å². The molecule has 0 saturated carbocycles. The van der Waals surface area contributed by atoms with Crippen molar-refractivity contribution in [1.29, 1.82) is 0 Å². The maximum atomic E-state index is 13.7. The summed E-state index contributed by atoms with van der Waals surface area (Å²) in [6.07, 6.45) is 1.60. The van der Waals surface area contributed by atoms with Crippen LogP contribution < -0.4 is 0 Å². The molecule has 2 aromatic rings. The van der Waals surface area contributed by atoms with Gasteiger partial charge in [0.2, 0.25) is 10.0 Å². The van der Waals surface area contributed by atoms with Crippen molar-refractivity contribution in [2.75, 3.05) is 12.9 Å². The predicted molar refractivity (Wildman–Crippen MR) is 90.5 cm³/mol. The molecule has 0 spiro atoms. The van der Waals surface area contributed by atoms with Gasteiger partial charge in [0.1, 0.15) is 11.6 Å². The van der Waals surface area contributed by atoms with E-state index in [2.05, 4.69) is 0 Å². The average molecular weight is 374 g/mol. The Morgan fingerprint density at radius 3 is 2.33 bits per heavy atom. The molecule has 0 aliphatic carbocycles. The van der Waals surface area contributed by atoms with Gasteiger partial charge in [-0.25, -0.2) is 17.2 Å². The molecule has 0 saturated heterocycles. The minimum absolute atomic E-state index is 0.112. The third-order valence-electron chi connectivity index (χ3n) is 3.64. The molecule has 0 amide bonds. The summed E-state index contributed by atoms with van der Waals surface area (Å²) in [6, 6.07) is 9.61. The van der Waals surface area contributed by atoms with E-state index in [0.29, 0.717) is 5.88 Å². The van der Waals surface area contributed by atoms with Crippen molar-refractivity contribution in [3.8, 4) is 0 Å². The van der Waals surface area contributed by atoms with Gasteiger partial charge in [-0.3, -0.25) is 0 Å². The number of halogens is 3. The van der Waals surface area contributed by atoms with E-state index in [-0.39, 0.29) is 17.0 Å². The van der Waals surface area contributed by atoms with Gasteiger partial charge in [-0.15, -0.1) is 11.6 Å². The van der Waals surface area contributed by atoms with Crippen LogP contribution in [0.2, 0.25) is 0 Å². The molecule has 2 aromatic carbocycles. The van der Waals surface area contributed by atoms with Gasteiger partial charge in [-0.1, -0.05) is 18.2 Å². The van der Waals surface area contributed by atoms with Gasteiger partial charge in [0, 0.05) is 31.1 Å². The second kappa shape index (κ2) is 8.05. The van der Waals surface area contributed by atoms with Crippen molar-refractivity contribution in [2.24, 2.45) is 0 Å². The number of rotatable bonds is 7. The Balaban J connectivity index is 2.16. The lowest BCUT2D eigenvalue weighted by molar-refractivity contribution is 0.454. The second-order valence-electron chi connectivity index (χ2n) is 5.43. The van der Waals surface area contributed by atoms with Gasteiger partial charge >= 0.3 is 0 Å². The minimum atomic E-state index is -3.75. The van der Waals surface area contributed by atoms with Crippen LogP contribution in [-0.2, 0) is 23.0 Å². The fourth-order valence-corrected chi connectivity index (χ4v) is 3.54. The van der Waals surface area contributed by atoms with Crippen LogP contribution >= 0.6 is 11.6 Å². The standard InChI is InChI=1S/C17H18ClF2NO2S/c1-21(12-14-6-7-15(19)11-17(14)20)24(22,23)16-8-4-13(5-9-16)3-2-10-18/h4-9,11H,2-3,10,12H2,1H3. The molecule has 3 nitrogen and oxygen atoms in total. The first kappa shape index (κ1) is 18.8. The zero-order chi connectivity index (χ0) is 17.7. The maximum Gasteiger partial charge on any atom is 0.243 e. The average Bonchev–Trinajstić information content (AvgIpc) is 2.55. The molecule has 0 radical (unpaired) electrons. The van der Waals surface area contributed by atoms with Crippen molar-refractivity contribution in [3.05, 3.63) is 65.2 Å². The molecule has 2 rings (SSSR count). The van der Waals surface area contributed by atoms with Crippen LogP contribution in [0.3, 0.4) is 0 Å². The highest BCUT2D eigenvalue weighted by atomic mass is 35.5. The number of alkyl halides is 1. The summed E-state index contributed by atoms with van der Waals surface area (Å²) in [5, 5.41) is 0. The lowest BCUT2D eigenvalue weighted by Crippen LogP contribution is -2.27. The van der Waals surface area contributed by atoms with E-state index >= 15 is 0 Å². The largest absolute Gasteiger partial charge is 0.243 e. The van der Waals surface area contributed by atoms with Gasteiger partial charge in [0.15, 0.2) is 0 Å². The van der Waals surface area contributed by atoms with Crippen molar-refractivity contribution >= 4 is 21.6 Å². The maximum absolute atomic E-state index is 13.7. The smallest absolute Gasteiger partial charge is 0.207 e. The summed E-state index contributed by atoms with van der Waals surface area (Å²) in [6.45, 7) is -0.178. The van der Waals surface area contributed by atoms with E-state index in [4.69, 9.17) is 11.6 Å². The number of hydrogen-bond donors (Lipinski definition) is 0. The molecular formula is C17H18ClF2NO2S. The molecule has 0 heterocycles. The van der Waals surface area contributed by atoms with E-state index in [1.807, 2.05) is 0 Å². The van der Waals surface area contributed by atoms with Crippen LogP contribution in [0.4, 0.5) is 8.78 Å². The topological polar surface area (TPSA) is 37.4 Å². The van der Waals surface area contributed by atoms with Gasteiger partial charge in [0.25, 0.3) is 0 Å². The molecule has 0 unspecified atom stereocenters. The Morgan fingerprint density at radius 1 is 1.08 bits per heavy atom. The van der Waals surface area contributed by atoms with Gasteiger partial charge < -0.3 is 0 Å². The Morgan fingerprint density at radius 2 is 1.75 bits per heavy atom. The zero-order valence-corrected chi connectivity index (χ0v) is 14.7. The summed E-state index contributed by atoms with van der Waals surface area (Å²) < 4.78 is 52.8. The molecule has 130 valence electrons. The van der Waals surface area contributed by atoms with E-state index in [9.17, 15) is 17.2 Å². The van der Waals surface area contributed by atoms with Gasteiger partial charge in [-0.2, -0.15) is 4.31 Å². The zero-order valence-electron chi connectivity index (χ0n) is 13.2. The second-order valence-corrected chi connectivity index (χ2v) is 7.86. The molecule has 24 heavy (non-hydrogen) atoms. The molecule has 0 N–H and O–H groups in total. The van der Waals surface area contributed by atoms with Crippen LogP contribution in [0.5, 0.6) is 0 Å². The minimum Gasteiger partial charge on any atom is -0.207 e. The molecule has 0 aliphatic heterocycles. The number of benzene rings is 2. The van der Waals surface area contributed by atoms with Crippen molar-refractivity contribution in [1.82, 2.24) is 4.31 Å². The highest BCUT2D eigenvalue weighted by molar-refractivity contribution is 7.89. The quantitative estimate of drug-likeness (QED) is 0.689. The Kier molecular flexibility index (Phi) is 6.32. The Hall–Kier alpha value is -1.50. The number of hydrogen-bond acceptors (Lipinski definition) is 2. The fourth-order valence-electron chi connectivity index (χ4n) is 2.25. The van der Waals surface area contributed by atoms with Crippen LogP contribution in [0, 0.1) is 11.6 Å². The monoisotopic (exact) mass is 373 g/mol. The van der Waals surface area contributed by atoms with E-state index < -0.39 is 21.7 Å². The number of nitrogens with zero attached hydrogens (tertiary/aromatic N) is 1. The molecule has 0 aromatic heterocycles. The third kappa shape index (κ3) is 4.53. The van der Waals surface area contributed by atoms with Gasteiger partial charge in [-0.05, 0) is 36.6 Å². The summed E-state index contributed by atoms with van der Waals surface area (Å²) >= 11 is 5.64. The Labute approximate surface area is 145 Å². The first-order valence-corrected chi connectivity index (χ1v) is 9.37. The van der Waals surface area contributed by atoms with Crippen molar-refractivity contribution < 1.29 is 17.2 Å². The number of sulfonamides is 1. The molecular weight excluding hydrogens is 356 g/mol. The highest BCUT2D eigenvalue weighted by Crippen LogP contribution is 2.19. The van der Waals surface area contributed by atoms with Crippen molar-refractivity contribution in [2.45, 2.75) is 24.3 Å². The lowest BCUT2D eigenvalue weighted by atomic mass is 10.1. The van der Waals surface area contributed by atoms with Crippen LogP contribution in [0.25, 0.3) is 0 Å². The lowest BCUT2D eigenvalue weighted by Gasteiger charge is -2.18. The number of aryl methyl sites for hydroxylation is 1. The summed E-state index contributed by atoms with van der Waals surface area (Å²) in [5.74, 6) is -0.922. The van der Waals surface area contributed by atoms with Crippen LogP contribution in [-0.4, -0.2) is 25.7 Å². The predicted octanol–water partition coefficient (Wildman–Crippen LogP) is 3.96. The molecule has 0 aliphatic rings. The summed E-state index contributed by atoms with van der Waals surface area (Å²) in [5.41, 5.74) is 1.11. The first-order valence-electron chi connectivity index (χ1n) is 7.40. The van der Waals surface area contributed by atoms with E-state index in [1.54, 1.807) is 12.1 Å². The summed E-state index contributed by atoms with van der Waals surface area (Å²) in [4.78, 5) is 0.127. The molecule has 0 atom stereocenters. The first-order chi connectivity index (χ1) is 11.3. The highest BCUT2D eigenvalue weighted by Gasteiger charge is 2.22.